The van der Waals surface area contributed by atoms with E-state index in [4.69, 9.17) is 0 Å². The number of pyridine rings is 1. The largest absolute Gasteiger partial charge is 0.256 e. The molecule has 128 valence electrons. The van der Waals surface area contributed by atoms with E-state index in [2.05, 4.69) is 17.1 Å². The third-order valence-corrected chi connectivity index (χ3v) is 6.35. The van der Waals surface area contributed by atoms with Gasteiger partial charge in [-0.1, -0.05) is 43.2 Å². The molecule has 1 fully saturated rings. The quantitative estimate of drug-likeness (QED) is 0.816. The molecule has 4 rings (SSSR count). The first-order valence-corrected chi connectivity index (χ1v) is 10.5. The molecule has 0 saturated heterocycles. The van der Waals surface area contributed by atoms with Crippen LogP contribution in [-0.4, -0.2) is 19.7 Å². The van der Waals surface area contributed by atoms with Gasteiger partial charge in [-0.15, -0.1) is 0 Å². The smallest absolute Gasteiger partial charge is 0.175 e. The molecule has 1 aromatic heterocycles. The average Bonchev–Trinajstić information content (AvgIpc) is 3.23. The highest BCUT2D eigenvalue weighted by Gasteiger charge is 2.36. The van der Waals surface area contributed by atoms with Gasteiger partial charge in [-0.05, 0) is 48.2 Å². The summed E-state index contributed by atoms with van der Waals surface area (Å²) in [6, 6.07) is 13.2. The predicted molar refractivity (Wildman–Crippen MR) is 101 cm³/mol. The van der Waals surface area contributed by atoms with Crippen LogP contribution in [0.1, 0.15) is 36.9 Å². The molecule has 4 heteroatoms. The van der Waals surface area contributed by atoms with Crippen LogP contribution >= 0.6 is 0 Å². The molecule has 0 amide bonds. The molecule has 0 unspecified atom stereocenters. The van der Waals surface area contributed by atoms with E-state index in [1.807, 2.05) is 36.5 Å². The van der Waals surface area contributed by atoms with E-state index < -0.39 is 9.84 Å². The monoisotopic (exact) mass is 351 g/mol. The highest BCUT2D eigenvalue weighted by atomic mass is 32.2. The Kier molecular flexibility index (Phi) is 3.88. The molecule has 0 bridgehead atoms. The highest BCUT2D eigenvalue weighted by Crippen LogP contribution is 2.51. The second kappa shape index (κ2) is 5.95. The zero-order valence-electron chi connectivity index (χ0n) is 14.3. The van der Waals surface area contributed by atoms with Crippen molar-refractivity contribution in [1.82, 2.24) is 4.98 Å². The van der Waals surface area contributed by atoms with Gasteiger partial charge in [0.15, 0.2) is 9.84 Å². The van der Waals surface area contributed by atoms with E-state index in [0.29, 0.717) is 4.90 Å². The van der Waals surface area contributed by atoms with Crippen LogP contribution in [0.3, 0.4) is 0 Å². The molecular formula is C21H21NO2S. The topological polar surface area (TPSA) is 47.0 Å². The van der Waals surface area contributed by atoms with Crippen molar-refractivity contribution in [3.05, 3.63) is 72.1 Å². The van der Waals surface area contributed by atoms with E-state index >= 15 is 0 Å². The zero-order valence-corrected chi connectivity index (χ0v) is 15.1. The summed E-state index contributed by atoms with van der Waals surface area (Å²) in [5.41, 5.74) is 4.49. The van der Waals surface area contributed by atoms with Crippen molar-refractivity contribution in [2.45, 2.75) is 30.6 Å². The number of allylic oxidation sites excluding steroid dienone is 4. The minimum atomic E-state index is -3.18. The van der Waals surface area contributed by atoms with Crippen molar-refractivity contribution in [1.29, 1.82) is 0 Å². The van der Waals surface area contributed by atoms with E-state index in [9.17, 15) is 8.42 Å². The van der Waals surface area contributed by atoms with Gasteiger partial charge >= 0.3 is 0 Å². The molecule has 1 saturated carbocycles. The zero-order chi connectivity index (χ0) is 17.5. The highest BCUT2D eigenvalue weighted by molar-refractivity contribution is 7.90. The van der Waals surface area contributed by atoms with Crippen molar-refractivity contribution >= 4 is 21.0 Å². The fourth-order valence-corrected chi connectivity index (χ4v) is 4.58. The van der Waals surface area contributed by atoms with E-state index in [0.717, 1.165) is 16.8 Å². The lowest BCUT2D eigenvalue weighted by atomic mass is 9.88. The molecule has 25 heavy (non-hydrogen) atoms. The van der Waals surface area contributed by atoms with E-state index in [1.165, 1.54) is 37.5 Å². The molecule has 0 radical (unpaired) electrons. The van der Waals surface area contributed by atoms with Crippen LogP contribution in [0.5, 0.6) is 0 Å². The SMILES string of the molecule is CS(=O)(=O)c1ccc(C2=CC3(C=C2c2ccccn2)CCCC3)cc1. The summed E-state index contributed by atoms with van der Waals surface area (Å²) in [6.45, 7) is 0. The molecule has 2 aliphatic carbocycles. The fraction of sp³-hybridized carbons (Fsp3) is 0.286. The summed E-state index contributed by atoms with van der Waals surface area (Å²) in [4.78, 5) is 4.90. The maximum absolute atomic E-state index is 11.7. The van der Waals surface area contributed by atoms with Crippen molar-refractivity contribution in [2.24, 2.45) is 5.41 Å². The Balaban J connectivity index is 1.80. The summed E-state index contributed by atoms with van der Waals surface area (Å²) < 4.78 is 23.4. The molecule has 1 heterocycles. The molecule has 0 aliphatic heterocycles. The standard InChI is InChI=1S/C21H21NO2S/c1-25(23,24)17-9-7-16(8-10-17)18-14-21(11-3-4-12-21)15-19(18)20-6-2-5-13-22-20/h2,5-10,13-15H,3-4,11-12H2,1H3. The molecule has 2 aromatic rings. The van der Waals surface area contributed by atoms with Crippen LogP contribution in [0.25, 0.3) is 11.1 Å². The predicted octanol–water partition coefficient (Wildman–Crippen LogP) is 4.53. The number of hydrogen-bond donors (Lipinski definition) is 0. The van der Waals surface area contributed by atoms with Gasteiger partial charge in [0.25, 0.3) is 0 Å². The lowest BCUT2D eigenvalue weighted by Crippen LogP contribution is -2.05. The molecule has 1 aromatic carbocycles. The molecule has 0 atom stereocenters. The maximum Gasteiger partial charge on any atom is 0.175 e. The first-order chi connectivity index (χ1) is 12.0. The van der Waals surface area contributed by atoms with Crippen LogP contribution < -0.4 is 0 Å². The lowest BCUT2D eigenvalue weighted by Gasteiger charge is -2.16. The first-order valence-electron chi connectivity index (χ1n) is 8.65. The summed E-state index contributed by atoms with van der Waals surface area (Å²) in [5.74, 6) is 0. The Morgan fingerprint density at radius 1 is 0.920 bits per heavy atom. The maximum atomic E-state index is 11.7. The minimum Gasteiger partial charge on any atom is -0.256 e. The summed E-state index contributed by atoms with van der Waals surface area (Å²) in [5, 5.41) is 0. The molecule has 0 N–H and O–H groups in total. The van der Waals surface area contributed by atoms with Crippen molar-refractivity contribution in [3.8, 4) is 0 Å². The number of benzene rings is 1. The van der Waals surface area contributed by atoms with Crippen LogP contribution in [0, 0.1) is 5.41 Å². The Morgan fingerprint density at radius 3 is 2.20 bits per heavy atom. The third kappa shape index (κ3) is 3.07. The second-order valence-electron chi connectivity index (χ2n) is 7.07. The minimum absolute atomic E-state index is 0.137. The van der Waals surface area contributed by atoms with Crippen LogP contribution in [0.15, 0.2) is 65.7 Å². The van der Waals surface area contributed by atoms with E-state index in [1.54, 1.807) is 12.1 Å². The Bertz CT molecular complexity index is 949. The van der Waals surface area contributed by atoms with Gasteiger partial charge in [-0.25, -0.2) is 8.42 Å². The summed E-state index contributed by atoms with van der Waals surface area (Å²) in [7, 11) is -3.18. The Morgan fingerprint density at radius 2 is 1.60 bits per heavy atom. The number of nitrogens with zero attached hydrogens (tertiary/aromatic N) is 1. The van der Waals surface area contributed by atoms with Crippen LogP contribution in [-0.2, 0) is 9.84 Å². The number of hydrogen-bond acceptors (Lipinski definition) is 3. The van der Waals surface area contributed by atoms with Crippen molar-refractivity contribution in [2.75, 3.05) is 6.26 Å². The summed E-state index contributed by atoms with van der Waals surface area (Å²) in [6.07, 6.45) is 12.7. The molecule has 1 spiro atoms. The van der Waals surface area contributed by atoms with E-state index in [-0.39, 0.29) is 5.41 Å². The first kappa shape index (κ1) is 16.3. The number of aromatic nitrogens is 1. The molecule has 3 nitrogen and oxygen atoms in total. The number of rotatable bonds is 3. The van der Waals surface area contributed by atoms with Crippen molar-refractivity contribution < 1.29 is 8.42 Å². The summed E-state index contributed by atoms with van der Waals surface area (Å²) >= 11 is 0. The van der Waals surface area contributed by atoms with Crippen molar-refractivity contribution in [3.63, 3.8) is 0 Å². The normalized spacial score (nSPS) is 19.1. The molecular weight excluding hydrogens is 330 g/mol. The molecule has 2 aliphatic rings. The van der Waals surface area contributed by atoms with Gasteiger partial charge in [0.05, 0.1) is 10.6 Å². The van der Waals surface area contributed by atoms with Gasteiger partial charge in [-0.3, -0.25) is 4.98 Å². The Hall–Kier alpha value is -2.20. The number of sulfone groups is 1. The van der Waals surface area contributed by atoms with Gasteiger partial charge < -0.3 is 0 Å². The van der Waals surface area contributed by atoms with Gasteiger partial charge in [0, 0.05) is 23.4 Å². The van der Waals surface area contributed by atoms with Gasteiger partial charge in [0.1, 0.15) is 0 Å². The average molecular weight is 351 g/mol. The van der Waals surface area contributed by atoms with Crippen LogP contribution in [0.2, 0.25) is 0 Å². The van der Waals surface area contributed by atoms with Gasteiger partial charge in [0.2, 0.25) is 0 Å². The second-order valence-corrected chi connectivity index (χ2v) is 9.08. The lowest BCUT2D eigenvalue weighted by molar-refractivity contribution is 0.523. The van der Waals surface area contributed by atoms with Crippen LogP contribution in [0.4, 0.5) is 0 Å². The van der Waals surface area contributed by atoms with Gasteiger partial charge in [-0.2, -0.15) is 0 Å². The fourth-order valence-electron chi connectivity index (χ4n) is 3.95. The Labute approximate surface area is 149 Å². The third-order valence-electron chi connectivity index (χ3n) is 5.22.